The quantitative estimate of drug-likeness (QED) is 0.718. The molecule has 82 valence electrons. The van der Waals surface area contributed by atoms with Crippen LogP contribution in [0.5, 0.6) is 0 Å². The Morgan fingerprint density at radius 1 is 1.23 bits per heavy atom. The predicted molar refractivity (Wildman–Crippen MR) is 64.7 cm³/mol. The maximum absolute atomic E-state index is 10.7. The average Bonchev–Trinajstić information content (AvgIpc) is 2.11. The van der Waals surface area contributed by atoms with Crippen LogP contribution in [0.1, 0.15) is 34.6 Å². The van der Waals surface area contributed by atoms with Gasteiger partial charge < -0.3 is 0 Å². The second-order valence-corrected chi connectivity index (χ2v) is 2.64. The number of likely N-dealkylation sites (N-methyl/N-ethyl adjacent to an activating group) is 1. The van der Waals surface area contributed by atoms with Crippen molar-refractivity contribution in [2.45, 2.75) is 40.7 Å². The minimum absolute atomic E-state index is 0.0201. The van der Waals surface area contributed by atoms with Gasteiger partial charge in [0.05, 0.1) is 6.04 Å². The van der Waals surface area contributed by atoms with Crippen LogP contribution in [0, 0.1) is 0 Å². The number of hydrogen-bond donors (Lipinski definition) is 1. The van der Waals surface area contributed by atoms with Crippen molar-refractivity contribution < 1.29 is 4.79 Å². The summed E-state index contributed by atoms with van der Waals surface area (Å²) in [6, 6.07) is -0.0201. The van der Waals surface area contributed by atoms with Crippen molar-refractivity contribution in [1.82, 2.24) is 4.90 Å². The molecule has 13 heavy (non-hydrogen) atoms. The molecule has 0 aromatic rings. The van der Waals surface area contributed by atoms with Crippen LogP contribution in [0.25, 0.3) is 0 Å². The summed E-state index contributed by atoms with van der Waals surface area (Å²) >= 11 is 4.03. The van der Waals surface area contributed by atoms with Gasteiger partial charge in [0.2, 0.25) is 0 Å². The van der Waals surface area contributed by atoms with Gasteiger partial charge in [0.1, 0.15) is 5.78 Å². The zero-order chi connectivity index (χ0) is 11.4. The lowest BCUT2D eigenvalue weighted by Crippen LogP contribution is -2.35. The second kappa shape index (κ2) is 14.5. The first kappa shape index (κ1) is 18.7. The molecule has 0 rings (SSSR count). The molecular formula is C10H25NOS. The highest BCUT2D eigenvalue weighted by atomic mass is 32.1. The van der Waals surface area contributed by atoms with E-state index in [2.05, 4.69) is 12.6 Å². The van der Waals surface area contributed by atoms with E-state index < -0.39 is 0 Å². The van der Waals surface area contributed by atoms with Crippen LogP contribution in [0.4, 0.5) is 0 Å². The number of carbonyl (C=O) groups is 1. The SMILES string of the molecule is CC.CC.CC(=O)C(CS)N(C)C. The van der Waals surface area contributed by atoms with Crippen LogP contribution < -0.4 is 0 Å². The van der Waals surface area contributed by atoms with Crippen LogP contribution in [0.2, 0.25) is 0 Å². The zero-order valence-electron chi connectivity index (χ0n) is 10.1. The predicted octanol–water partition coefficient (Wildman–Crippen LogP) is 2.49. The number of ketones is 1. The van der Waals surface area contributed by atoms with Crippen molar-refractivity contribution in [3.8, 4) is 0 Å². The van der Waals surface area contributed by atoms with E-state index >= 15 is 0 Å². The van der Waals surface area contributed by atoms with E-state index in [-0.39, 0.29) is 11.8 Å². The third-order valence-corrected chi connectivity index (χ3v) is 1.61. The van der Waals surface area contributed by atoms with Crippen LogP contribution in [0.3, 0.4) is 0 Å². The van der Waals surface area contributed by atoms with Gasteiger partial charge in [-0.15, -0.1) is 0 Å². The van der Waals surface area contributed by atoms with E-state index in [4.69, 9.17) is 0 Å². The topological polar surface area (TPSA) is 20.3 Å². The molecule has 0 N–H and O–H groups in total. The molecule has 3 heteroatoms. The van der Waals surface area contributed by atoms with Gasteiger partial charge in [-0.3, -0.25) is 9.69 Å². The van der Waals surface area contributed by atoms with Crippen LogP contribution in [-0.2, 0) is 4.79 Å². The molecule has 2 nitrogen and oxygen atoms in total. The fraction of sp³-hybridized carbons (Fsp3) is 0.900. The van der Waals surface area contributed by atoms with Crippen LogP contribution in [0.15, 0.2) is 0 Å². The van der Waals surface area contributed by atoms with E-state index in [1.807, 2.05) is 46.7 Å². The molecule has 0 radical (unpaired) electrons. The Kier molecular flexibility index (Phi) is 20.9. The molecule has 0 aromatic carbocycles. The Morgan fingerprint density at radius 3 is 1.54 bits per heavy atom. The minimum atomic E-state index is -0.0201. The lowest BCUT2D eigenvalue weighted by Gasteiger charge is -2.18. The summed E-state index contributed by atoms with van der Waals surface area (Å²) in [5.74, 6) is 0.775. The summed E-state index contributed by atoms with van der Waals surface area (Å²) in [5.41, 5.74) is 0. The molecule has 0 spiro atoms. The molecule has 0 saturated carbocycles. The van der Waals surface area contributed by atoms with Crippen molar-refractivity contribution in [2.24, 2.45) is 0 Å². The van der Waals surface area contributed by atoms with E-state index in [1.165, 1.54) is 0 Å². The Morgan fingerprint density at radius 2 is 1.54 bits per heavy atom. The number of rotatable bonds is 3. The summed E-state index contributed by atoms with van der Waals surface area (Å²) in [6.07, 6.45) is 0. The lowest BCUT2D eigenvalue weighted by atomic mass is 10.2. The van der Waals surface area contributed by atoms with Crippen molar-refractivity contribution >= 4 is 18.4 Å². The highest BCUT2D eigenvalue weighted by molar-refractivity contribution is 7.80. The number of Topliss-reactive ketones (excluding diaryl/α,β-unsaturated/α-hetero) is 1. The molecule has 1 atom stereocenters. The third kappa shape index (κ3) is 12.0. The molecule has 0 saturated heterocycles. The van der Waals surface area contributed by atoms with Crippen molar-refractivity contribution in [1.29, 1.82) is 0 Å². The highest BCUT2D eigenvalue weighted by Gasteiger charge is 2.12. The monoisotopic (exact) mass is 207 g/mol. The fourth-order valence-electron chi connectivity index (χ4n) is 0.655. The van der Waals surface area contributed by atoms with Crippen molar-refractivity contribution in [3.05, 3.63) is 0 Å². The van der Waals surface area contributed by atoms with Crippen LogP contribution >= 0.6 is 12.6 Å². The smallest absolute Gasteiger partial charge is 0.147 e. The van der Waals surface area contributed by atoms with Gasteiger partial charge in [0.25, 0.3) is 0 Å². The normalized spacial score (nSPS) is 10.5. The first-order chi connectivity index (χ1) is 6.09. The summed E-state index contributed by atoms with van der Waals surface area (Å²) in [6.45, 7) is 9.58. The summed E-state index contributed by atoms with van der Waals surface area (Å²) < 4.78 is 0. The fourth-order valence-corrected chi connectivity index (χ4v) is 1.24. The van der Waals surface area contributed by atoms with Gasteiger partial charge in [-0.05, 0) is 21.0 Å². The van der Waals surface area contributed by atoms with Crippen molar-refractivity contribution in [3.63, 3.8) is 0 Å². The number of nitrogens with zero attached hydrogens (tertiary/aromatic N) is 1. The Hall–Kier alpha value is -0.0200. The van der Waals surface area contributed by atoms with Crippen molar-refractivity contribution in [2.75, 3.05) is 19.8 Å². The largest absolute Gasteiger partial charge is 0.299 e. The first-order valence-electron chi connectivity index (χ1n) is 4.87. The molecule has 0 aliphatic heterocycles. The molecule has 0 heterocycles. The molecule has 0 fully saturated rings. The van der Waals surface area contributed by atoms with Gasteiger partial charge >= 0.3 is 0 Å². The Bertz CT molecular complexity index is 105. The minimum Gasteiger partial charge on any atom is -0.299 e. The summed E-state index contributed by atoms with van der Waals surface area (Å²) in [5, 5.41) is 0. The van der Waals surface area contributed by atoms with Gasteiger partial charge in [-0.1, -0.05) is 27.7 Å². The lowest BCUT2D eigenvalue weighted by molar-refractivity contribution is -0.120. The molecular weight excluding hydrogens is 182 g/mol. The van der Waals surface area contributed by atoms with Gasteiger partial charge in [0, 0.05) is 5.75 Å². The second-order valence-electron chi connectivity index (χ2n) is 2.27. The number of hydrogen-bond acceptors (Lipinski definition) is 3. The zero-order valence-corrected chi connectivity index (χ0v) is 11.0. The molecule has 0 aliphatic carbocycles. The van der Waals surface area contributed by atoms with E-state index in [9.17, 15) is 4.79 Å². The number of thiol groups is 1. The van der Waals surface area contributed by atoms with E-state index in [0.29, 0.717) is 5.75 Å². The maximum atomic E-state index is 10.7. The van der Waals surface area contributed by atoms with Gasteiger partial charge in [-0.25, -0.2) is 0 Å². The average molecular weight is 207 g/mol. The standard InChI is InChI=1S/C6H13NOS.2C2H6/c1-5(8)6(4-9)7(2)3;2*1-2/h6,9H,4H2,1-3H3;2*1-2H3. The molecule has 1 unspecified atom stereocenters. The third-order valence-electron chi connectivity index (χ3n) is 1.27. The number of carbonyl (C=O) groups excluding carboxylic acids is 1. The maximum Gasteiger partial charge on any atom is 0.147 e. The molecule has 0 aromatic heterocycles. The molecule has 0 aliphatic rings. The molecule has 0 bridgehead atoms. The van der Waals surface area contributed by atoms with E-state index in [1.54, 1.807) is 6.92 Å². The first-order valence-corrected chi connectivity index (χ1v) is 5.50. The summed E-state index contributed by atoms with van der Waals surface area (Å²) in [7, 11) is 3.75. The van der Waals surface area contributed by atoms with Gasteiger partial charge in [-0.2, -0.15) is 12.6 Å². The highest BCUT2D eigenvalue weighted by Crippen LogP contribution is 1.96. The van der Waals surface area contributed by atoms with Gasteiger partial charge in [0.15, 0.2) is 0 Å². The van der Waals surface area contributed by atoms with Crippen LogP contribution in [-0.4, -0.2) is 36.6 Å². The molecule has 0 amide bonds. The Labute approximate surface area is 89.1 Å². The Balaban J connectivity index is -0.000000218. The van der Waals surface area contributed by atoms with E-state index in [0.717, 1.165) is 0 Å². The summed E-state index contributed by atoms with van der Waals surface area (Å²) in [4.78, 5) is 12.6.